The molecule has 2 aromatic rings. The molecule has 0 fully saturated rings. The van der Waals surface area contributed by atoms with Crippen molar-refractivity contribution in [2.24, 2.45) is 0 Å². The number of carboxylic acid groups (broad SMARTS) is 1. The molecule has 1 aromatic carbocycles. The average Bonchev–Trinajstić information content (AvgIpc) is 2.76. The van der Waals surface area contributed by atoms with Crippen LogP contribution >= 0.6 is 11.3 Å². The molecular weight excluding hydrogens is 272 g/mol. The minimum Gasteiger partial charge on any atom is -0.477 e. The standard InChI is InChI=1S/C15H20N2O2S/c1-16(2)8-9-17(3)10-12-11-6-4-5-7-13(11)20-14(12)15(18)19/h4-7H,8-10H2,1-3H3,(H,18,19). The highest BCUT2D eigenvalue weighted by atomic mass is 32.1. The smallest absolute Gasteiger partial charge is 0.346 e. The first-order chi connectivity index (χ1) is 9.49. The summed E-state index contributed by atoms with van der Waals surface area (Å²) in [5.74, 6) is -0.831. The molecule has 2 rings (SSSR count). The quantitative estimate of drug-likeness (QED) is 0.889. The van der Waals surface area contributed by atoms with E-state index in [0.717, 1.165) is 28.7 Å². The molecule has 0 unspecified atom stereocenters. The lowest BCUT2D eigenvalue weighted by Crippen LogP contribution is -2.28. The van der Waals surface area contributed by atoms with Crippen molar-refractivity contribution < 1.29 is 9.90 Å². The maximum atomic E-state index is 11.4. The van der Waals surface area contributed by atoms with Crippen molar-refractivity contribution in [2.75, 3.05) is 34.2 Å². The Bertz CT molecular complexity index is 607. The van der Waals surface area contributed by atoms with Crippen LogP contribution in [0.5, 0.6) is 0 Å². The van der Waals surface area contributed by atoms with E-state index in [0.29, 0.717) is 11.4 Å². The van der Waals surface area contributed by atoms with Crippen molar-refractivity contribution in [2.45, 2.75) is 6.54 Å². The van der Waals surface area contributed by atoms with Gasteiger partial charge in [-0.05, 0) is 38.2 Å². The van der Waals surface area contributed by atoms with Crippen LogP contribution in [0.1, 0.15) is 15.2 Å². The number of likely N-dealkylation sites (N-methyl/N-ethyl adjacent to an activating group) is 2. The Morgan fingerprint density at radius 3 is 2.55 bits per heavy atom. The fraction of sp³-hybridized carbons (Fsp3) is 0.400. The molecule has 1 heterocycles. The van der Waals surface area contributed by atoms with Crippen molar-refractivity contribution in [1.82, 2.24) is 9.80 Å². The largest absolute Gasteiger partial charge is 0.477 e. The van der Waals surface area contributed by atoms with Gasteiger partial charge in [0.1, 0.15) is 4.88 Å². The van der Waals surface area contributed by atoms with Crippen LogP contribution < -0.4 is 0 Å². The summed E-state index contributed by atoms with van der Waals surface area (Å²) in [7, 11) is 6.11. The first-order valence-electron chi connectivity index (χ1n) is 6.56. The predicted octanol–water partition coefficient (Wildman–Crippen LogP) is 2.59. The number of benzene rings is 1. The van der Waals surface area contributed by atoms with E-state index in [4.69, 9.17) is 0 Å². The van der Waals surface area contributed by atoms with E-state index in [9.17, 15) is 9.90 Å². The third kappa shape index (κ3) is 3.36. The molecule has 20 heavy (non-hydrogen) atoms. The maximum Gasteiger partial charge on any atom is 0.346 e. The van der Waals surface area contributed by atoms with Crippen molar-refractivity contribution in [3.05, 3.63) is 34.7 Å². The molecule has 0 aliphatic carbocycles. The molecule has 1 aromatic heterocycles. The van der Waals surface area contributed by atoms with E-state index >= 15 is 0 Å². The second kappa shape index (κ2) is 6.35. The number of fused-ring (bicyclic) bond motifs is 1. The van der Waals surface area contributed by atoms with E-state index in [1.807, 2.05) is 45.4 Å². The van der Waals surface area contributed by atoms with Crippen molar-refractivity contribution >= 4 is 27.4 Å². The predicted molar refractivity (Wildman–Crippen MR) is 83.7 cm³/mol. The number of nitrogens with zero attached hydrogens (tertiary/aromatic N) is 2. The lowest BCUT2D eigenvalue weighted by molar-refractivity contribution is 0.0700. The van der Waals surface area contributed by atoms with Gasteiger partial charge in [-0.2, -0.15) is 0 Å². The molecule has 0 saturated carbocycles. The first-order valence-corrected chi connectivity index (χ1v) is 7.37. The summed E-state index contributed by atoms with van der Waals surface area (Å²) in [5.41, 5.74) is 0.930. The van der Waals surface area contributed by atoms with Crippen molar-refractivity contribution in [3.8, 4) is 0 Å². The third-order valence-corrected chi connectivity index (χ3v) is 4.45. The van der Waals surface area contributed by atoms with Gasteiger partial charge in [-0.25, -0.2) is 4.79 Å². The van der Waals surface area contributed by atoms with Gasteiger partial charge in [0.15, 0.2) is 0 Å². The molecule has 0 bridgehead atoms. The highest BCUT2D eigenvalue weighted by Crippen LogP contribution is 2.32. The van der Waals surface area contributed by atoms with Crippen LogP contribution in [0.15, 0.2) is 24.3 Å². The normalized spacial score (nSPS) is 11.7. The summed E-state index contributed by atoms with van der Waals surface area (Å²) >= 11 is 1.36. The molecule has 0 aliphatic rings. The summed E-state index contributed by atoms with van der Waals surface area (Å²) in [6.07, 6.45) is 0. The van der Waals surface area contributed by atoms with E-state index in [2.05, 4.69) is 9.80 Å². The fourth-order valence-corrected chi connectivity index (χ4v) is 3.20. The SMILES string of the molecule is CN(C)CCN(C)Cc1c(C(=O)O)sc2ccccc12. The fourth-order valence-electron chi connectivity index (χ4n) is 2.15. The van der Waals surface area contributed by atoms with Gasteiger partial charge in [-0.15, -0.1) is 11.3 Å². The summed E-state index contributed by atoms with van der Waals surface area (Å²) in [6.45, 7) is 2.54. The van der Waals surface area contributed by atoms with Gasteiger partial charge in [0, 0.05) is 24.3 Å². The van der Waals surface area contributed by atoms with Crippen LogP contribution in [0.25, 0.3) is 10.1 Å². The molecule has 4 nitrogen and oxygen atoms in total. The zero-order valence-corrected chi connectivity index (χ0v) is 12.9. The Hall–Kier alpha value is -1.43. The molecule has 5 heteroatoms. The van der Waals surface area contributed by atoms with E-state index in [1.54, 1.807) is 0 Å². The van der Waals surface area contributed by atoms with Crippen LogP contribution in [0.2, 0.25) is 0 Å². The zero-order valence-electron chi connectivity index (χ0n) is 12.1. The number of thiophene rings is 1. The molecule has 0 radical (unpaired) electrons. The Kier molecular flexibility index (Phi) is 4.75. The Balaban J connectivity index is 2.27. The lowest BCUT2D eigenvalue weighted by atomic mass is 10.1. The second-order valence-electron chi connectivity index (χ2n) is 5.25. The first kappa shape index (κ1) is 15.0. The van der Waals surface area contributed by atoms with Gasteiger partial charge in [-0.3, -0.25) is 0 Å². The van der Waals surface area contributed by atoms with Crippen molar-refractivity contribution in [3.63, 3.8) is 0 Å². The summed E-state index contributed by atoms with van der Waals surface area (Å²) in [4.78, 5) is 16.2. The number of hydrogen-bond acceptors (Lipinski definition) is 4. The summed E-state index contributed by atoms with van der Waals surface area (Å²) < 4.78 is 1.04. The lowest BCUT2D eigenvalue weighted by Gasteiger charge is -2.19. The van der Waals surface area contributed by atoms with Crippen LogP contribution in [0.3, 0.4) is 0 Å². The van der Waals surface area contributed by atoms with Crippen LogP contribution in [0, 0.1) is 0 Å². The average molecular weight is 292 g/mol. The minimum atomic E-state index is -0.831. The summed E-state index contributed by atoms with van der Waals surface area (Å²) in [6, 6.07) is 7.90. The molecular formula is C15H20N2O2S. The topological polar surface area (TPSA) is 43.8 Å². The van der Waals surface area contributed by atoms with Gasteiger partial charge in [0.2, 0.25) is 0 Å². The van der Waals surface area contributed by atoms with Gasteiger partial charge < -0.3 is 14.9 Å². The molecule has 108 valence electrons. The van der Waals surface area contributed by atoms with Gasteiger partial charge in [0.05, 0.1) is 0 Å². The highest BCUT2D eigenvalue weighted by molar-refractivity contribution is 7.21. The van der Waals surface area contributed by atoms with E-state index in [-0.39, 0.29) is 0 Å². The van der Waals surface area contributed by atoms with Crippen LogP contribution in [0.4, 0.5) is 0 Å². The Labute approximate surface area is 123 Å². The third-order valence-electron chi connectivity index (χ3n) is 3.25. The number of carbonyl (C=O) groups is 1. The Morgan fingerprint density at radius 1 is 1.20 bits per heavy atom. The van der Waals surface area contributed by atoms with Crippen molar-refractivity contribution in [1.29, 1.82) is 0 Å². The molecule has 0 saturated heterocycles. The Morgan fingerprint density at radius 2 is 1.90 bits per heavy atom. The minimum absolute atomic E-state index is 0.461. The number of aromatic carboxylic acids is 1. The zero-order chi connectivity index (χ0) is 14.7. The second-order valence-corrected chi connectivity index (χ2v) is 6.30. The molecule has 0 amide bonds. The van der Waals surface area contributed by atoms with Gasteiger partial charge >= 0.3 is 5.97 Å². The van der Waals surface area contributed by atoms with E-state index < -0.39 is 5.97 Å². The van der Waals surface area contributed by atoms with Gasteiger partial charge in [0.25, 0.3) is 0 Å². The monoisotopic (exact) mass is 292 g/mol. The number of rotatable bonds is 6. The highest BCUT2D eigenvalue weighted by Gasteiger charge is 2.18. The summed E-state index contributed by atoms with van der Waals surface area (Å²) in [5, 5.41) is 10.4. The van der Waals surface area contributed by atoms with E-state index in [1.165, 1.54) is 11.3 Å². The van der Waals surface area contributed by atoms with Crippen LogP contribution in [-0.4, -0.2) is 55.1 Å². The van der Waals surface area contributed by atoms with Crippen LogP contribution in [-0.2, 0) is 6.54 Å². The van der Waals surface area contributed by atoms with Gasteiger partial charge in [-0.1, -0.05) is 18.2 Å². The number of carboxylic acids is 1. The maximum absolute atomic E-state index is 11.4. The number of hydrogen-bond donors (Lipinski definition) is 1. The molecule has 0 spiro atoms. The molecule has 0 aliphatic heterocycles. The molecule has 1 N–H and O–H groups in total. The molecule has 0 atom stereocenters.